The Morgan fingerprint density at radius 1 is 1.00 bits per heavy atom. The number of hydrogen-bond acceptors (Lipinski definition) is 6. The maximum Gasteiger partial charge on any atom is 0.245 e. The van der Waals surface area contributed by atoms with E-state index in [9.17, 15) is 14.4 Å². The average Bonchev–Trinajstić information content (AvgIpc) is 3.29. The van der Waals surface area contributed by atoms with E-state index in [0.29, 0.717) is 38.4 Å². The third kappa shape index (κ3) is 4.21. The Balaban J connectivity index is 1.58. The number of nitrogens with one attached hydrogen (secondary N) is 1. The number of halogens is 2. The number of fused-ring (bicyclic) bond motifs is 2. The number of benzene rings is 2. The van der Waals surface area contributed by atoms with Crippen molar-refractivity contribution in [2.24, 2.45) is 0 Å². The van der Waals surface area contributed by atoms with Crippen LogP contribution in [0, 0.1) is 0 Å². The molecule has 1 aliphatic rings. The van der Waals surface area contributed by atoms with Crippen molar-refractivity contribution in [2.45, 2.75) is 6.54 Å². The molecule has 5 rings (SSSR count). The molecule has 1 amide bonds. The topological polar surface area (TPSA) is 99.5 Å². The van der Waals surface area contributed by atoms with Crippen LogP contribution in [0.4, 0.5) is 5.82 Å². The monoisotopic (exact) mass is 495 g/mol. The minimum atomic E-state index is -0.491. The number of anilines is 1. The minimum absolute atomic E-state index is 0.0130. The van der Waals surface area contributed by atoms with E-state index in [1.54, 1.807) is 30.3 Å². The first-order valence-corrected chi connectivity index (χ1v) is 10.8. The van der Waals surface area contributed by atoms with Crippen molar-refractivity contribution in [1.29, 1.82) is 0 Å². The Morgan fingerprint density at radius 2 is 1.71 bits per heavy atom. The van der Waals surface area contributed by atoms with Crippen LogP contribution >= 0.6 is 23.2 Å². The lowest BCUT2D eigenvalue weighted by Crippen LogP contribution is -2.24. The van der Waals surface area contributed by atoms with Gasteiger partial charge in [0.1, 0.15) is 12.4 Å². The van der Waals surface area contributed by atoms with Gasteiger partial charge in [-0.3, -0.25) is 14.4 Å². The van der Waals surface area contributed by atoms with Gasteiger partial charge in [0.05, 0.1) is 21.5 Å². The van der Waals surface area contributed by atoms with Gasteiger partial charge in [0.25, 0.3) is 0 Å². The van der Waals surface area contributed by atoms with Crippen molar-refractivity contribution < 1.29 is 19.1 Å². The van der Waals surface area contributed by atoms with E-state index in [4.69, 9.17) is 32.7 Å². The average molecular weight is 496 g/mol. The number of rotatable bonds is 5. The first-order chi connectivity index (χ1) is 16.4. The number of carbonyl (C=O) groups is 2. The molecular formula is C24H15Cl2N3O5. The summed E-state index contributed by atoms with van der Waals surface area (Å²) in [5.41, 5.74) is 0.138. The van der Waals surface area contributed by atoms with Gasteiger partial charge in [-0.15, -0.1) is 0 Å². The molecule has 0 unspecified atom stereocenters. The number of amides is 1. The lowest BCUT2D eigenvalue weighted by molar-refractivity contribution is -0.116. The molecule has 34 heavy (non-hydrogen) atoms. The predicted octanol–water partition coefficient (Wildman–Crippen LogP) is 4.30. The molecular weight excluding hydrogens is 481 g/mol. The van der Waals surface area contributed by atoms with Crippen LogP contribution in [0.25, 0.3) is 10.9 Å². The molecule has 0 saturated carbocycles. The Hall–Kier alpha value is -3.88. The van der Waals surface area contributed by atoms with E-state index < -0.39 is 17.1 Å². The first-order valence-electron chi connectivity index (χ1n) is 10.1. The summed E-state index contributed by atoms with van der Waals surface area (Å²) in [5.74, 6) is 0.242. The molecule has 0 spiro atoms. The first kappa shape index (κ1) is 21.9. The highest BCUT2D eigenvalue weighted by atomic mass is 35.5. The van der Waals surface area contributed by atoms with Gasteiger partial charge in [0, 0.05) is 29.0 Å². The van der Waals surface area contributed by atoms with Crippen LogP contribution < -0.4 is 20.2 Å². The highest BCUT2D eigenvalue weighted by molar-refractivity contribution is 6.31. The fourth-order valence-electron chi connectivity index (χ4n) is 3.62. The van der Waals surface area contributed by atoms with Crippen LogP contribution in [0.3, 0.4) is 0 Å². The summed E-state index contributed by atoms with van der Waals surface area (Å²) in [6.07, 6.45) is 2.79. The highest BCUT2D eigenvalue weighted by Gasteiger charge is 2.22. The SMILES string of the molecule is O=C(Cn1cc(C(=O)c2ccc(Cl)cc2)c(=O)c2cc3c(cc21)OCO3)Nc1ccc(Cl)cn1. The van der Waals surface area contributed by atoms with E-state index in [2.05, 4.69) is 10.3 Å². The van der Waals surface area contributed by atoms with Gasteiger partial charge in [-0.05, 0) is 42.5 Å². The molecule has 1 N–H and O–H groups in total. The molecule has 0 atom stereocenters. The maximum atomic E-state index is 13.3. The Kier molecular flexibility index (Phi) is 5.69. The number of hydrogen-bond donors (Lipinski definition) is 1. The molecule has 2 aromatic carbocycles. The van der Waals surface area contributed by atoms with Gasteiger partial charge in [-0.2, -0.15) is 0 Å². The zero-order valence-corrected chi connectivity index (χ0v) is 18.9. The number of carbonyl (C=O) groups excluding carboxylic acids is 2. The quantitative estimate of drug-likeness (QED) is 0.414. The van der Waals surface area contributed by atoms with Crippen LogP contribution in [-0.2, 0) is 11.3 Å². The summed E-state index contributed by atoms with van der Waals surface area (Å²) >= 11 is 11.8. The van der Waals surface area contributed by atoms with Crippen LogP contribution in [0.15, 0.2) is 65.7 Å². The molecule has 170 valence electrons. The van der Waals surface area contributed by atoms with Crippen LogP contribution in [-0.4, -0.2) is 28.0 Å². The number of nitrogens with zero attached hydrogens (tertiary/aromatic N) is 2. The Labute approximate surface area is 202 Å². The van der Waals surface area contributed by atoms with Gasteiger partial charge >= 0.3 is 0 Å². The molecule has 0 aliphatic carbocycles. The van der Waals surface area contributed by atoms with Crippen molar-refractivity contribution in [3.8, 4) is 11.5 Å². The van der Waals surface area contributed by atoms with E-state index in [1.807, 2.05) is 0 Å². The lowest BCUT2D eigenvalue weighted by atomic mass is 10.0. The molecule has 1 aliphatic heterocycles. The van der Waals surface area contributed by atoms with Crippen molar-refractivity contribution in [1.82, 2.24) is 9.55 Å². The van der Waals surface area contributed by atoms with E-state index in [0.717, 1.165) is 0 Å². The van der Waals surface area contributed by atoms with Crippen molar-refractivity contribution in [3.05, 3.63) is 92.3 Å². The smallest absolute Gasteiger partial charge is 0.245 e. The van der Waals surface area contributed by atoms with Crippen LogP contribution in [0.2, 0.25) is 10.0 Å². The number of ether oxygens (including phenoxy) is 2. The van der Waals surface area contributed by atoms with Gasteiger partial charge in [0.2, 0.25) is 18.1 Å². The highest BCUT2D eigenvalue weighted by Crippen LogP contribution is 2.35. The van der Waals surface area contributed by atoms with Gasteiger partial charge < -0.3 is 19.4 Å². The summed E-state index contributed by atoms with van der Waals surface area (Å²) in [6.45, 7) is -0.180. The molecule has 0 saturated heterocycles. The van der Waals surface area contributed by atoms with Crippen molar-refractivity contribution in [2.75, 3.05) is 12.1 Å². The number of aromatic nitrogens is 2. The van der Waals surface area contributed by atoms with Crippen LogP contribution in [0.1, 0.15) is 15.9 Å². The van der Waals surface area contributed by atoms with E-state index in [-0.39, 0.29) is 24.3 Å². The second-order valence-electron chi connectivity index (χ2n) is 7.47. The normalized spacial score (nSPS) is 12.1. The lowest BCUT2D eigenvalue weighted by Gasteiger charge is -2.14. The molecule has 0 fully saturated rings. The third-order valence-electron chi connectivity index (χ3n) is 5.23. The number of ketones is 1. The Bertz CT molecular complexity index is 1500. The number of pyridine rings is 2. The fourth-order valence-corrected chi connectivity index (χ4v) is 3.85. The predicted molar refractivity (Wildman–Crippen MR) is 127 cm³/mol. The standard InChI is InChI=1S/C24H15Cl2N3O5/c25-14-3-1-13(2-4-14)23(31)17-10-29(11-22(30)28-21-6-5-15(26)9-27-21)18-8-20-19(33-12-34-20)7-16(18)24(17)32/h1-10H,11-12H2,(H,27,28,30). The second-order valence-corrected chi connectivity index (χ2v) is 8.34. The van der Waals surface area contributed by atoms with Crippen LogP contribution in [0.5, 0.6) is 11.5 Å². The van der Waals surface area contributed by atoms with E-state index in [1.165, 1.54) is 35.2 Å². The molecule has 8 nitrogen and oxygen atoms in total. The minimum Gasteiger partial charge on any atom is -0.454 e. The summed E-state index contributed by atoms with van der Waals surface area (Å²) in [7, 11) is 0. The van der Waals surface area contributed by atoms with Crippen molar-refractivity contribution >= 4 is 51.6 Å². The molecule has 4 aromatic rings. The van der Waals surface area contributed by atoms with Crippen molar-refractivity contribution in [3.63, 3.8) is 0 Å². The molecule has 2 aromatic heterocycles. The van der Waals surface area contributed by atoms with Gasteiger partial charge in [-0.25, -0.2) is 4.98 Å². The summed E-state index contributed by atoms with van der Waals surface area (Å²) < 4.78 is 12.4. The maximum absolute atomic E-state index is 13.3. The fraction of sp³-hybridized carbons (Fsp3) is 0.0833. The van der Waals surface area contributed by atoms with Gasteiger partial charge in [0.15, 0.2) is 17.3 Å². The molecule has 0 radical (unpaired) electrons. The zero-order chi connectivity index (χ0) is 23.8. The molecule has 0 bridgehead atoms. The molecule has 10 heteroatoms. The summed E-state index contributed by atoms with van der Waals surface area (Å²) in [5, 5.41) is 3.80. The Morgan fingerprint density at radius 3 is 2.41 bits per heavy atom. The van der Waals surface area contributed by atoms with Gasteiger partial charge in [-0.1, -0.05) is 23.2 Å². The zero-order valence-electron chi connectivity index (χ0n) is 17.4. The summed E-state index contributed by atoms with van der Waals surface area (Å²) in [4.78, 5) is 43.3. The second kappa shape index (κ2) is 8.81. The molecule has 3 heterocycles. The van der Waals surface area contributed by atoms with E-state index >= 15 is 0 Å². The third-order valence-corrected chi connectivity index (χ3v) is 5.71. The largest absolute Gasteiger partial charge is 0.454 e. The summed E-state index contributed by atoms with van der Waals surface area (Å²) in [6, 6.07) is 12.5.